The Labute approximate surface area is 127 Å². The summed E-state index contributed by atoms with van der Waals surface area (Å²) in [5.74, 6) is 0. The number of aryl methyl sites for hydroxylation is 2. The highest BCUT2D eigenvalue weighted by atomic mass is 79.9. The SMILES string of the molecule is Cc1cc(Br)c(C(Cl)c2cccc(C)c2Br)s1. The number of thiophene rings is 1. The summed E-state index contributed by atoms with van der Waals surface area (Å²) in [7, 11) is 0. The predicted octanol–water partition coefficient (Wildman–Crippen LogP) is 6.22. The van der Waals surface area contributed by atoms with E-state index in [2.05, 4.69) is 63.9 Å². The second kappa shape index (κ2) is 5.43. The van der Waals surface area contributed by atoms with Crippen LogP contribution in [0.2, 0.25) is 0 Å². The van der Waals surface area contributed by atoms with Crippen molar-refractivity contribution in [2.24, 2.45) is 0 Å². The summed E-state index contributed by atoms with van der Waals surface area (Å²) in [5.41, 5.74) is 2.33. The molecule has 1 aromatic heterocycles. The highest BCUT2D eigenvalue weighted by Gasteiger charge is 2.19. The molecule has 0 radical (unpaired) electrons. The van der Waals surface area contributed by atoms with Gasteiger partial charge in [0, 0.05) is 18.7 Å². The van der Waals surface area contributed by atoms with Crippen molar-refractivity contribution in [3.63, 3.8) is 0 Å². The minimum atomic E-state index is -0.114. The molecule has 0 nitrogen and oxygen atoms in total. The maximum atomic E-state index is 6.58. The third-order valence-corrected chi connectivity index (χ3v) is 6.26. The van der Waals surface area contributed by atoms with E-state index in [1.165, 1.54) is 10.4 Å². The van der Waals surface area contributed by atoms with Gasteiger partial charge in [0.1, 0.15) is 0 Å². The highest BCUT2D eigenvalue weighted by molar-refractivity contribution is 9.11. The van der Waals surface area contributed by atoms with Gasteiger partial charge >= 0.3 is 0 Å². The summed E-state index contributed by atoms with van der Waals surface area (Å²) in [4.78, 5) is 2.43. The van der Waals surface area contributed by atoms with Gasteiger partial charge in [-0.05, 0) is 47.0 Å². The Bertz CT molecular complexity index is 548. The van der Waals surface area contributed by atoms with Gasteiger partial charge in [-0.25, -0.2) is 0 Å². The topological polar surface area (TPSA) is 0 Å². The van der Waals surface area contributed by atoms with E-state index in [1.54, 1.807) is 11.3 Å². The molecule has 0 aliphatic rings. The fourth-order valence-corrected chi connectivity index (χ4v) is 4.75. The molecule has 2 aromatic rings. The van der Waals surface area contributed by atoms with Gasteiger partial charge in [-0.15, -0.1) is 22.9 Å². The van der Waals surface area contributed by atoms with Crippen LogP contribution in [0, 0.1) is 13.8 Å². The Kier molecular flexibility index (Phi) is 4.35. The van der Waals surface area contributed by atoms with Crippen LogP contribution in [-0.4, -0.2) is 0 Å². The minimum absolute atomic E-state index is 0.114. The van der Waals surface area contributed by atoms with Gasteiger partial charge in [0.15, 0.2) is 0 Å². The summed E-state index contributed by atoms with van der Waals surface area (Å²) in [6.45, 7) is 4.17. The van der Waals surface area contributed by atoms with Gasteiger partial charge in [0.05, 0.1) is 5.38 Å². The fourth-order valence-electron chi connectivity index (χ4n) is 1.68. The molecule has 0 aliphatic carbocycles. The highest BCUT2D eigenvalue weighted by Crippen LogP contribution is 2.42. The van der Waals surface area contributed by atoms with Crippen molar-refractivity contribution in [1.29, 1.82) is 0 Å². The van der Waals surface area contributed by atoms with Gasteiger partial charge in [-0.1, -0.05) is 34.1 Å². The van der Waals surface area contributed by atoms with Gasteiger partial charge in [0.2, 0.25) is 0 Å². The smallest absolute Gasteiger partial charge is 0.0950 e. The number of hydrogen-bond donors (Lipinski definition) is 0. The van der Waals surface area contributed by atoms with Crippen LogP contribution in [0.1, 0.15) is 26.3 Å². The van der Waals surface area contributed by atoms with E-state index in [0.29, 0.717) is 0 Å². The quantitative estimate of drug-likeness (QED) is 0.531. The van der Waals surface area contributed by atoms with Crippen LogP contribution in [0.25, 0.3) is 0 Å². The van der Waals surface area contributed by atoms with Crippen LogP contribution < -0.4 is 0 Å². The van der Waals surface area contributed by atoms with E-state index >= 15 is 0 Å². The van der Waals surface area contributed by atoms with Crippen molar-refractivity contribution < 1.29 is 0 Å². The first-order chi connectivity index (χ1) is 8.00. The van der Waals surface area contributed by atoms with Crippen molar-refractivity contribution >= 4 is 54.8 Å². The lowest BCUT2D eigenvalue weighted by Gasteiger charge is -2.12. The number of alkyl halides is 1. The van der Waals surface area contributed by atoms with E-state index in [4.69, 9.17) is 11.6 Å². The van der Waals surface area contributed by atoms with Crippen molar-refractivity contribution in [2.45, 2.75) is 19.2 Å². The number of halogens is 3. The second-order valence-corrected chi connectivity index (χ2v) is 7.28. The third-order valence-electron chi connectivity index (χ3n) is 2.56. The largest absolute Gasteiger partial charge is 0.143 e. The zero-order valence-corrected chi connectivity index (χ0v) is 14.2. The molecule has 1 atom stereocenters. The molecule has 0 spiro atoms. The maximum absolute atomic E-state index is 6.58. The number of hydrogen-bond acceptors (Lipinski definition) is 1. The van der Waals surface area contributed by atoms with E-state index in [9.17, 15) is 0 Å². The Morgan fingerprint density at radius 1 is 1.24 bits per heavy atom. The first-order valence-corrected chi connectivity index (χ1v) is 7.99. The molecule has 0 saturated heterocycles. The molecule has 0 aliphatic heterocycles. The molecule has 2 rings (SSSR count). The Morgan fingerprint density at radius 2 is 1.94 bits per heavy atom. The summed E-state index contributed by atoms with van der Waals surface area (Å²) >= 11 is 15.5. The van der Waals surface area contributed by atoms with Crippen molar-refractivity contribution in [1.82, 2.24) is 0 Å². The van der Waals surface area contributed by atoms with Crippen molar-refractivity contribution in [3.8, 4) is 0 Å². The first-order valence-electron chi connectivity index (χ1n) is 5.15. The molecule has 0 saturated carbocycles. The Balaban J connectivity index is 2.47. The van der Waals surface area contributed by atoms with E-state index in [0.717, 1.165) is 19.4 Å². The molecule has 0 amide bonds. The second-order valence-electron chi connectivity index (χ2n) is 3.91. The molecule has 17 heavy (non-hydrogen) atoms. The fraction of sp³-hybridized carbons (Fsp3) is 0.231. The van der Waals surface area contributed by atoms with Gasteiger partial charge in [-0.3, -0.25) is 0 Å². The molecule has 90 valence electrons. The normalized spacial score (nSPS) is 12.8. The molecular formula is C13H11Br2ClS. The van der Waals surface area contributed by atoms with E-state index < -0.39 is 0 Å². The average molecular weight is 395 g/mol. The summed E-state index contributed by atoms with van der Waals surface area (Å²) < 4.78 is 2.19. The summed E-state index contributed by atoms with van der Waals surface area (Å²) in [5, 5.41) is -0.114. The van der Waals surface area contributed by atoms with Crippen LogP contribution in [0.4, 0.5) is 0 Å². The average Bonchev–Trinajstić information content (AvgIpc) is 2.61. The molecular weight excluding hydrogens is 383 g/mol. The minimum Gasteiger partial charge on any atom is -0.143 e. The van der Waals surface area contributed by atoms with Crippen LogP contribution >= 0.6 is 54.8 Å². The van der Waals surface area contributed by atoms with Gasteiger partial charge in [-0.2, -0.15) is 0 Å². The molecule has 1 unspecified atom stereocenters. The third kappa shape index (κ3) is 2.78. The Hall–Kier alpha value is 0.170. The van der Waals surface area contributed by atoms with E-state index in [-0.39, 0.29) is 5.38 Å². The predicted molar refractivity (Wildman–Crippen MR) is 83.3 cm³/mol. The van der Waals surface area contributed by atoms with Crippen LogP contribution in [0.3, 0.4) is 0 Å². The first kappa shape index (κ1) is 13.6. The Morgan fingerprint density at radius 3 is 2.53 bits per heavy atom. The van der Waals surface area contributed by atoms with Crippen LogP contribution in [0.5, 0.6) is 0 Å². The maximum Gasteiger partial charge on any atom is 0.0950 e. The molecule has 0 fully saturated rings. The monoisotopic (exact) mass is 392 g/mol. The molecule has 4 heteroatoms. The lowest BCUT2D eigenvalue weighted by atomic mass is 10.1. The molecule has 0 N–H and O–H groups in total. The van der Waals surface area contributed by atoms with Crippen LogP contribution in [0.15, 0.2) is 33.2 Å². The van der Waals surface area contributed by atoms with Crippen molar-refractivity contribution in [2.75, 3.05) is 0 Å². The standard InChI is InChI=1S/C13H11Br2ClS/c1-7-4-3-5-9(11(7)15)12(16)13-10(14)6-8(2)17-13/h3-6,12H,1-2H3. The summed E-state index contributed by atoms with van der Waals surface area (Å²) in [6.07, 6.45) is 0. The zero-order chi connectivity index (χ0) is 12.6. The van der Waals surface area contributed by atoms with E-state index in [1.807, 2.05) is 6.07 Å². The van der Waals surface area contributed by atoms with Gasteiger partial charge < -0.3 is 0 Å². The molecule has 1 heterocycles. The lowest BCUT2D eigenvalue weighted by molar-refractivity contribution is 1.15. The molecule has 0 bridgehead atoms. The summed E-state index contributed by atoms with van der Waals surface area (Å²) in [6, 6.07) is 8.29. The number of benzene rings is 1. The van der Waals surface area contributed by atoms with Crippen LogP contribution in [-0.2, 0) is 0 Å². The van der Waals surface area contributed by atoms with Gasteiger partial charge in [0.25, 0.3) is 0 Å². The van der Waals surface area contributed by atoms with Crippen molar-refractivity contribution in [3.05, 3.63) is 54.1 Å². The molecule has 1 aromatic carbocycles. The lowest BCUT2D eigenvalue weighted by Crippen LogP contribution is -1.94. The zero-order valence-electron chi connectivity index (χ0n) is 9.43. The number of rotatable bonds is 2.